The Labute approximate surface area is 139 Å². The average Bonchev–Trinajstić information content (AvgIpc) is 2.58. The average molecular weight is 314 g/mol. The second-order valence-corrected chi connectivity index (χ2v) is 5.68. The topological polar surface area (TPSA) is 33.7 Å². The van der Waals surface area contributed by atoms with Gasteiger partial charge in [0.2, 0.25) is 0 Å². The molecule has 0 fully saturated rings. The maximum absolute atomic E-state index is 5.33. The molecule has 124 valence electrons. The lowest BCUT2D eigenvalue weighted by atomic mass is 10.1. The molecule has 0 spiro atoms. The fourth-order valence-electron chi connectivity index (χ4n) is 2.41. The molecular formula is C19H26N2O2. The van der Waals surface area contributed by atoms with Gasteiger partial charge in [-0.2, -0.15) is 0 Å². The van der Waals surface area contributed by atoms with Crippen LogP contribution in [-0.4, -0.2) is 34.9 Å². The van der Waals surface area contributed by atoms with E-state index in [-0.39, 0.29) is 0 Å². The van der Waals surface area contributed by atoms with E-state index in [0.29, 0.717) is 0 Å². The Morgan fingerprint density at radius 1 is 0.870 bits per heavy atom. The number of methoxy groups -OCH3 is 2. The zero-order valence-electron chi connectivity index (χ0n) is 14.4. The fraction of sp³-hybridized carbons (Fsp3) is 0.368. The van der Waals surface area contributed by atoms with Crippen molar-refractivity contribution in [1.82, 2.24) is 5.32 Å². The van der Waals surface area contributed by atoms with Crippen LogP contribution < -0.4 is 19.7 Å². The van der Waals surface area contributed by atoms with Crippen LogP contribution in [-0.2, 0) is 13.0 Å². The summed E-state index contributed by atoms with van der Waals surface area (Å²) < 4.78 is 10.6. The van der Waals surface area contributed by atoms with Gasteiger partial charge >= 0.3 is 0 Å². The molecule has 0 aliphatic carbocycles. The standard InChI is InChI=1S/C19H26N2O2/c1-21(2)17-8-5-16(6-9-17)14-20-12-11-15-7-10-18(22-3)19(13-15)23-4/h5-10,13,20H,11-12,14H2,1-4H3. The maximum atomic E-state index is 5.33. The van der Waals surface area contributed by atoms with Gasteiger partial charge in [0, 0.05) is 26.3 Å². The molecule has 0 atom stereocenters. The molecule has 23 heavy (non-hydrogen) atoms. The van der Waals surface area contributed by atoms with Gasteiger partial charge in [0.15, 0.2) is 11.5 Å². The van der Waals surface area contributed by atoms with Crippen LogP contribution in [0.1, 0.15) is 11.1 Å². The van der Waals surface area contributed by atoms with Crippen LogP contribution in [0.15, 0.2) is 42.5 Å². The highest BCUT2D eigenvalue weighted by atomic mass is 16.5. The molecule has 4 heteroatoms. The van der Waals surface area contributed by atoms with Gasteiger partial charge in [-0.3, -0.25) is 0 Å². The van der Waals surface area contributed by atoms with E-state index < -0.39 is 0 Å². The summed E-state index contributed by atoms with van der Waals surface area (Å²) in [6.45, 7) is 1.80. The monoisotopic (exact) mass is 314 g/mol. The number of nitrogens with zero attached hydrogens (tertiary/aromatic N) is 1. The Bertz CT molecular complexity index is 609. The number of hydrogen-bond acceptors (Lipinski definition) is 4. The van der Waals surface area contributed by atoms with Crippen molar-refractivity contribution in [2.24, 2.45) is 0 Å². The van der Waals surface area contributed by atoms with Crippen molar-refractivity contribution in [3.8, 4) is 11.5 Å². The van der Waals surface area contributed by atoms with E-state index in [0.717, 1.165) is 31.0 Å². The molecule has 4 nitrogen and oxygen atoms in total. The Hall–Kier alpha value is -2.20. The third kappa shape index (κ3) is 4.89. The summed E-state index contributed by atoms with van der Waals surface area (Å²) in [5.41, 5.74) is 3.75. The van der Waals surface area contributed by atoms with Crippen LogP contribution in [0.2, 0.25) is 0 Å². The van der Waals surface area contributed by atoms with Crippen molar-refractivity contribution in [2.45, 2.75) is 13.0 Å². The van der Waals surface area contributed by atoms with Gasteiger partial charge in [-0.25, -0.2) is 0 Å². The minimum atomic E-state index is 0.769. The van der Waals surface area contributed by atoms with Crippen molar-refractivity contribution in [2.75, 3.05) is 39.8 Å². The van der Waals surface area contributed by atoms with Crippen molar-refractivity contribution >= 4 is 5.69 Å². The SMILES string of the molecule is COc1ccc(CCNCc2ccc(N(C)C)cc2)cc1OC. The van der Waals surface area contributed by atoms with E-state index in [1.807, 2.05) is 12.1 Å². The molecule has 0 saturated heterocycles. The molecule has 0 radical (unpaired) electrons. The van der Waals surface area contributed by atoms with Crippen LogP contribution in [0.3, 0.4) is 0 Å². The molecule has 0 saturated carbocycles. The molecular weight excluding hydrogens is 288 g/mol. The number of ether oxygens (including phenoxy) is 2. The zero-order chi connectivity index (χ0) is 16.7. The number of rotatable bonds is 8. The Morgan fingerprint density at radius 3 is 2.13 bits per heavy atom. The highest BCUT2D eigenvalue weighted by Crippen LogP contribution is 2.27. The molecule has 2 aromatic rings. The Kier molecular flexibility index (Phi) is 6.29. The lowest BCUT2D eigenvalue weighted by Gasteiger charge is -2.13. The summed E-state index contributed by atoms with van der Waals surface area (Å²) in [4.78, 5) is 2.11. The summed E-state index contributed by atoms with van der Waals surface area (Å²) >= 11 is 0. The Balaban J connectivity index is 1.81. The maximum Gasteiger partial charge on any atom is 0.160 e. The second kappa shape index (κ2) is 8.44. The molecule has 0 bridgehead atoms. The van der Waals surface area contributed by atoms with Crippen LogP contribution in [0, 0.1) is 0 Å². The molecule has 0 aliphatic heterocycles. The van der Waals surface area contributed by atoms with Gasteiger partial charge in [-0.15, -0.1) is 0 Å². The molecule has 1 N–H and O–H groups in total. The summed E-state index contributed by atoms with van der Waals surface area (Å²) in [6, 6.07) is 14.7. The van der Waals surface area contributed by atoms with Crippen molar-refractivity contribution < 1.29 is 9.47 Å². The predicted molar refractivity (Wildman–Crippen MR) is 95.7 cm³/mol. The van der Waals surface area contributed by atoms with Gasteiger partial charge in [0.05, 0.1) is 14.2 Å². The number of nitrogens with one attached hydrogen (secondary N) is 1. The van der Waals surface area contributed by atoms with Crippen LogP contribution in [0.5, 0.6) is 11.5 Å². The van der Waals surface area contributed by atoms with Gasteiger partial charge in [-0.05, 0) is 48.4 Å². The van der Waals surface area contributed by atoms with Crippen LogP contribution in [0.4, 0.5) is 5.69 Å². The molecule has 0 aromatic heterocycles. The third-order valence-corrected chi connectivity index (χ3v) is 3.82. The highest BCUT2D eigenvalue weighted by Gasteiger charge is 2.04. The fourth-order valence-corrected chi connectivity index (χ4v) is 2.41. The second-order valence-electron chi connectivity index (χ2n) is 5.68. The third-order valence-electron chi connectivity index (χ3n) is 3.82. The Morgan fingerprint density at radius 2 is 1.52 bits per heavy atom. The number of benzene rings is 2. The zero-order valence-corrected chi connectivity index (χ0v) is 14.4. The normalized spacial score (nSPS) is 10.4. The van der Waals surface area contributed by atoms with E-state index in [4.69, 9.17) is 9.47 Å². The first-order valence-electron chi connectivity index (χ1n) is 7.82. The van der Waals surface area contributed by atoms with Crippen molar-refractivity contribution in [3.63, 3.8) is 0 Å². The predicted octanol–water partition coefficient (Wildman–Crippen LogP) is 3.10. The molecule has 2 aromatic carbocycles. The van der Waals surface area contributed by atoms with Crippen LogP contribution in [0.25, 0.3) is 0 Å². The molecule has 0 heterocycles. The van der Waals surface area contributed by atoms with Gasteiger partial charge in [-0.1, -0.05) is 18.2 Å². The molecule has 0 unspecified atom stereocenters. The van der Waals surface area contributed by atoms with E-state index in [2.05, 4.69) is 54.6 Å². The molecule has 0 amide bonds. The molecule has 2 rings (SSSR count). The number of hydrogen-bond donors (Lipinski definition) is 1. The van der Waals surface area contributed by atoms with Crippen LogP contribution >= 0.6 is 0 Å². The first-order chi connectivity index (χ1) is 11.1. The van der Waals surface area contributed by atoms with Gasteiger partial charge in [0.25, 0.3) is 0 Å². The summed E-state index contributed by atoms with van der Waals surface area (Å²) in [7, 11) is 7.42. The van der Waals surface area contributed by atoms with Crippen molar-refractivity contribution in [3.05, 3.63) is 53.6 Å². The summed E-state index contributed by atoms with van der Waals surface area (Å²) in [5.74, 6) is 1.55. The first kappa shape index (κ1) is 17.2. The number of anilines is 1. The van der Waals surface area contributed by atoms with E-state index in [1.54, 1.807) is 14.2 Å². The van der Waals surface area contributed by atoms with Crippen molar-refractivity contribution in [1.29, 1.82) is 0 Å². The summed E-state index contributed by atoms with van der Waals surface area (Å²) in [5, 5.41) is 3.48. The minimum absolute atomic E-state index is 0.769. The smallest absolute Gasteiger partial charge is 0.160 e. The lowest BCUT2D eigenvalue weighted by molar-refractivity contribution is 0.354. The summed E-state index contributed by atoms with van der Waals surface area (Å²) in [6.07, 6.45) is 0.954. The lowest BCUT2D eigenvalue weighted by Crippen LogP contribution is -2.17. The first-order valence-corrected chi connectivity index (χ1v) is 7.82. The molecule has 0 aliphatic rings. The van der Waals surface area contributed by atoms with Gasteiger partial charge in [0.1, 0.15) is 0 Å². The minimum Gasteiger partial charge on any atom is -0.493 e. The van der Waals surface area contributed by atoms with E-state index in [9.17, 15) is 0 Å². The highest BCUT2D eigenvalue weighted by molar-refractivity contribution is 5.46. The van der Waals surface area contributed by atoms with Gasteiger partial charge < -0.3 is 19.7 Å². The largest absolute Gasteiger partial charge is 0.493 e. The quantitative estimate of drug-likeness (QED) is 0.759. The van der Waals surface area contributed by atoms with E-state index >= 15 is 0 Å². The van der Waals surface area contributed by atoms with E-state index in [1.165, 1.54) is 16.8 Å².